The Balaban J connectivity index is 1.99. The molecule has 1 aliphatic rings. The Morgan fingerprint density at radius 1 is 1.19 bits per heavy atom. The summed E-state index contributed by atoms with van der Waals surface area (Å²) in [4.78, 5) is 0. The fourth-order valence-corrected chi connectivity index (χ4v) is 3.90. The highest BCUT2D eigenvalue weighted by Gasteiger charge is 2.35. The Morgan fingerprint density at radius 2 is 1.95 bits per heavy atom. The Hall–Kier alpha value is -0.990. The van der Waals surface area contributed by atoms with E-state index in [2.05, 4.69) is 59.4 Å². The maximum Gasteiger partial charge on any atom is 0.0567 e. The molecule has 1 N–H and O–H groups in total. The summed E-state index contributed by atoms with van der Waals surface area (Å²) in [6.45, 7) is 4.68. The predicted molar refractivity (Wildman–Crippen MR) is 94.1 cm³/mol. The fourth-order valence-electron chi connectivity index (χ4n) is 3.10. The van der Waals surface area contributed by atoms with Gasteiger partial charge in [0, 0.05) is 15.2 Å². The van der Waals surface area contributed by atoms with Gasteiger partial charge in [0.15, 0.2) is 0 Å². The van der Waals surface area contributed by atoms with Gasteiger partial charge in [-0.25, -0.2) is 0 Å². The van der Waals surface area contributed by atoms with Crippen LogP contribution in [0.4, 0.5) is 5.69 Å². The second-order valence-corrected chi connectivity index (χ2v) is 7.68. The third-order valence-corrected chi connectivity index (χ3v) is 5.31. The van der Waals surface area contributed by atoms with Crippen LogP contribution in [0.15, 0.2) is 46.9 Å². The predicted octanol–water partition coefficient (Wildman–Crippen LogP) is 6.23. The van der Waals surface area contributed by atoms with Gasteiger partial charge in [0.1, 0.15) is 0 Å². The number of hydrogen-bond acceptors (Lipinski definition) is 1. The molecule has 0 spiro atoms. The van der Waals surface area contributed by atoms with Crippen molar-refractivity contribution in [3.8, 4) is 0 Å². The molecule has 1 unspecified atom stereocenters. The van der Waals surface area contributed by atoms with Crippen molar-refractivity contribution in [3.05, 3.63) is 63.1 Å². The third kappa shape index (κ3) is 2.97. The van der Waals surface area contributed by atoms with E-state index < -0.39 is 0 Å². The van der Waals surface area contributed by atoms with Gasteiger partial charge in [-0.05, 0) is 63.5 Å². The van der Waals surface area contributed by atoms with E-state index in [9.17, 15) is 0 Å². The molecule has 0 amide bonds. The summed E-state index contributed by atoms with van der Waals surface area (Å²) in [5, 5.41) is 4.46. The summed E-state index contributed by atoms with van der Waals surface area (Å²) in [6, 6.07) is 15.0. The molecule has 2 aromatic rings. The zero-order valence-corrected chi connectivity index (χ0v) is 14.6. The molecule has 3 rings (SSSR count). The van der Waals surface area contributed by atoms with E-state index in [1.165, 1.54) is 17.5 Å². The van der Waals surface area contributed by atoms with Gasteiger partial charge in [0.25, 0.3) is 0 Å². The molecule has 0 saturated heterocycles. The second kappa shape index (κ2) is 5.66. The molecule has 0 aromatic heterocycles. The van der Waals surface area contributed by atoms with E-state index in [1.807, 2.05) is 18.2 Å². The Bertz CT molecular complexity index is 666. The summed E-state index contributed by atoms with van der Waals surface area (Å²) in [6.07, 6.45) is 2.34. The zero-order valence-electron chi connectivity index (χ0n) is 12.3. The number of halogens is 2. The van der Waals surface area contributed by atoms with Crippen LogP contribution in [-0.4, -0.2) is 0 Å². The molecule has 21 heavy (non-hydrogen) atoms. The van der Waals surface area contributed by atoms with E-state index in [1.54, 1.807) is 0 Å². The summed E-state index contributed by atoms with van der Waals surface area (Å²) < 4.78 is 1.01. The smallest absolute Gasteiger partial charge is 0.0567 e. The summed E-state index contributed by atoms with van der Waals surface area (Å²) in [7, 11) is 0. The van der Waals surface area contributed by atoms with E-state index in [0.717, 1.165) is 21.6 Å². The van der Waals surface area contributed by atoms with Crippen LogP contribution in [0, 0.1) is 5.41 Å². The van der Waals surface area contributed by atoms with Gasteiger partial charge < -0.3 is 5.32 Å². The Kier molecular flexibility index (Phi) is 4.02. The Labute approximate surface area is 139 Å². The van der Waals surface area contributed by atoms with Crippen LogP contribution in [0.2, 0.25) is 5.02 Å². The molecule has 0 bridgehead atoms. The molecule has 1 aliphatic carbocycles. The first kappa shape index (κ1) is 14.9. The van der Waals surface area contributed by atoms with Gasteiger partial charge in [-0.2, -0.15) is 0 Å². The van der Waals surface area contributed by atoms with E-state index >= 15 is 0 Å². The van der Waals surface area contributed by atoms with Crippen LogP contribution < -0.4 is 5.32 Å². The van der Waals surface area contributed by atoms with Gasteiger partial charge in [-0.3, -0.25) is 0 Å². The molecule has 110 valence electrons. The van der Waals surface area contributed by atoms with Crippen molar-refractivity contribution < 1.29 is 0 Å². The lowest BCUT2D eigenvalue weighted by atomic mass is 9.70. The van der Waals surface area contributed by atoms with Crippen LogP contribution in [-0.2, 0) is 6.42 Å². The average Bonchev–Trinajstić information content (AvgIpc) is 2.44. The summed E-state index contributed by atoms with van der Waals surface area (Å²) in [5.41, 5.74) is 4.18. The molecular weight excluding hydrogens is 346 g/mol. The van der Waals surface area contributed by atoms with E-state index in [-0.39, 0.29) is 5.41 Å². The minimum atomic E-state index is 0.216. The lowest BCUT2D eigenvalue weighted by Gasteiger charge is -2.41. The maximum absolute atomic E-state index is 6.04. The molecule has 3 heteroatoms. The lowest BCUT2D eigenvalue weighted by Crippen LogP contribution is -2.33. The standard InChI is InChI=1S/C18H19BrClN/c1-18(2)10-9-12-5-3-4-6-14(12)17(18)21-16-8-7-13(20)11-15(16)19/h3-8,11,17,21H,9-10H2,1-2H3. The first-order chi connectivity index (χ1) is 9.97. The zero-order chi connectivity index (χ0) is 15.0. The van der Waals surface area contributed by atoms with Crippen molar-refractivity contribution in [1.29, 1.82) is 0 Å². The second-order valence-electron chi connectivity index (χ2n) is 6.39. The number of benzene rings is 2. The summed E-state index contributed by atoms with van der Waals surface area (Å²) >= 11 is 9.64. The number of fused-ring (bicyclic) bond motifs is 1. The van der Waals surface area contributed by atoms with Crippen molar-refractivity contribution in [2.45, 2.75) is 32.7 Å². The quantitative estimate of drug-likeness (QED) is 0.666. The van der Waals surface area contributed by atoms with Gasteiger partial charge in [-0.1, -0.05) is 49.7 Å². The molecular formula is C18H19BrClN. The average molecular weight is 365 g/mol. The number of nitrogens with one attached hydrogen (secondary N) is 1. The molecule has 2 aromatic carbocycles. The normalized spacial score (nSPS) is 19.9. The largest absolute Gasteiger partial charge is 0.377 e. The SMILES string of the molecule is CC1(C)CCc2ccccc2C1Nc1ccc(Cl)cc1Br. The Morgan fingerprint density at radius 3 is 2.71 bits per heavy atom. The van der Waals surface area contributed by atoms with E-state index in [0.29, 0.717) is 6.04 Å². The summed E-state index contributed by atoms with van der Waals surface area (Å²) in [5.74, 6) is 0. The molecule has 1 nitrogen and oxygen atoms in total. The minimum absolute atomic E-state index is 0.216. The number of aryl methyl sites for hydroxylation is 1. The molecule has 0 aliphatic heterocycles. The first-order valence-corrected chi connectivity index (χ1v) is 8.44. The van der Waals surface area contributed by atoms with Crippen LogP contribution in [0.1, 0.15) is 37.4 Å². The maximum atomic E-state index is 6.04. The number of hydrogen-bond donors (Lipinski definition) is 1. The highest BCUT2D eigenvalue weighted by Crippen LogP contribution is 2.46. The van der Waals surface area contributed by atoms with Crippen LogP contribution >= 0.6 is 27.5 Å². The number of anilines is 1. The first-order valence-electron chi connectivity index (χ1n) is 7.27. The minimum Gasteiger partial charge on any atom is -0.377 e. The van der Waals surface area contributed by atoms with Gasteiger partial charge in [0.2, 0.25) is 0 Å². The molecule has 0 fully saturated rings. The fraction of sp³-hybridized carbons (Fsp3) is 0.333. The van der Waals surface area contributed by atoms with Gasteiger partial charge in [-0.15, -0.1) is 0 Å². The molecule has 0 radical (unpaired) electrons. The van der Waals surface area contributed by atoms with Crippen molar-refractivity contribution in [2.75, 3.05) is 5.32 Å². The molecule has 0 saturated carbocycles. The van der Waals surface area contributed by atoms with Crippen molar-refractivity contribution in [3.63, 3.8) is 0 Å². The monoisotopic (exact) mass is 363 g/mol. The highest BCUT2D eigenvalue weighted by molar-refractivity contribution is 9.10. The van der Waals surface area contributed by atoms with Gasteiger partial charge in [0.05, 0.1) is 6.04 Å². The van der Waals surface area contributed by atoms with Crippen LogP contribution in [0.5, 0.6) is 0 Å². The van der Waals surface area contributed by atoms with Gasteiger partial charge >= 0.3 is 0 Å². The topological polar surface area (TPSA) is 12.0 Å². The van der Waals surface area contributed by atoms with Crippen LogP contribution in [0.25, 0.3) is 0 Å². The molecule has 1 atom stereocenters. The van der Waals surface area contributed by atoms with Crippen molar-refractivity contribution in [1.82, 2.24) is 0 Å². The van der Waals surface area contributed by atoms with E-state index in [4.69, 9.17) is 11.6 Å². The van der Waals surface area contributed by atoms with Crippen LogP contribution in [0.3, 0.4) is 0 Å². The highest BCUT2D eigenvalue weighted by atomic mass is 79.9. The van der Waals surface area contributed by atoms with Crippen molar-refractivity contribution >= 4 is 33.2 Å². The lowest BCUT2D eigenvalue weighted by molar-refractivity contribution is 0.265. The number of rotatable bonds is 2. The third-order valence-electron chi connectivity index (χ3n) is 4.42. The molecule has 0 heterocycles. The van der Waals surface area contributed by atoms with Crippen molar-refractivity contribution in [2.24, 2.45) is 5.41 Å².